The lowest BCUT2D eigenvalue weighted by molar-refractivity contribution is -0.116. The number of carbonyl (C=O) groups excluding carboxylic acids is 1. The maximum atomic E-state index is 12.1. The molecule has 0 bridgehead atoms. The van der Waals surface area contributed by atoms with Gasteiger partial charge >= 0.3 is 0 Å². The molecule has 0 atom stereocenters. The van der Waals surface area contributed by atoms with E-state index < -0.39 is 0 Å². The monoisotopic (exact) mass is 375 g/mol. The molecule has 3 heteroatoms. The zero-order chi connectivity index (χ0) is 18.9. The minimum atomic E-state index is -0.116. The summed E-state index contributed by atoms with van der Waals surface area (Å²) >= 11 is 6.11. The molecule has 0 spiro atoms. The maximum absolute atomic E-state index is 12.1. The van der Waals surface area contributed by atoms with E-state index in [-0.39, 0.29) is 11.8 Å². The summed E-state index contributed by atoms with van der Waals surface area (Å²) in [6.07, 6.45) is 4.10. The zero-order valence-corrected chi connectivity index (χ0v) is 15.8. The fourth-order valence-corrected chi connectivity index (χ4v) is 3.27. The Balaban J connectivity index is 1.61. The molecule has 1 amide bonds. The second kappa shape index (κ2) is 9.75. The van der Waals surface area contributed by atoms with Crippen LogP contribution in [0.1, 0.15) is 29.0 Å². The van der Waals surface area contributed by atoms with Gasteiger partial charge in [-0.2, -0.15) is 0 Å². The van der Waals surface area contributed by atoms with E-state index in [1.54, 1.807) is 6.08 Å². The fraction of sp³-hybridized carbons (Fsp3) is 0.125. The first-order valence-corrected chi connectivity index (χ1v) is 9.42. The van der Waals surface area contributed by atoms with Crippen LogP contribution in [0.4, 0.5) is 0 Å². The number of amides is 1. The molecular formula is C24H22ClNO. The highest BCUT2D eigenvalue weighted by Gasteiger charge is 2.13. The standard InChI is InChI=1S/C24H22ClNO/c25-23-14-8-7-13-21(23)15-16-24(27)26-18-17-22(19-9-3-1-4-10-19)20-11-5-2-6-12-20/h1-16,22H,17-18H2,(H,26,27). The van der Waals surface area contributed by atoms with Gasteiger partial charge in [0, 0.05) is 23.6 Å². The van der Waals surface area contributed by atoms with Crippen molar-refractivity contribution in [2.45, 2.75) is 12.3 Å². The molecule has 0 aromatic heterocycles. The van der Waals surface area contributed by atoms with Crippen LogP contribution in [-0.2, 0) is 4.79 Å². The van der Waals surface area contributed by atoms with Crippen LogP contribution in [0.2, 0.25) is 5.02 Å². The summed E-state index contributed by atoms with van der Waals surface area (Å²) in [7, 11) is 0. The van der Waals surface area contributed by atoms with Gasteiger partial charge in [0.25, 0.3) is 0 Å². The molecule has 0 unspecified atom stereocenters. The van der Waals surface area contributed by atoms with Crippen molar-refractivity contribution in [3.63, 3.8) is 0 Å². The third-order valence-electron chi connectivity index (χ3n) is 4.46. The normalized spacial score (nSPS) is 11.0. The third kappa shape index (κ3) is 5.57. The molecule has 2 nitrogen and oxygen atoms in total. The van der Waals surface area contributed by atoms with E-state index in [1.807, 2.05) is 36.4 Å². The highest BCUT2D eigenvalue weighted by molar-refractivity contribution is 6.32. The molecule has 0 heterocycles. The van der Waals surface area contributed by atoms with Crippen molar-refractivity contribution in [2.24, 2.45) is 0 Å². The van der Waals surface area contributed by atoms with Gasteiger partial charge in [-0.1, -0.05) is 90.5 Å². The summed E-state index contributed by atoms with van der Waals surface area (Å²) in [6, 6.07) is 28.2. The molecule has 136 valence electrons. The van der Waals surface area contributed by atoms with Gasteiger partial charge in [0.2, 0.25) is 5.91 Å². The molecule has 0 saturated heterocycles. The lowest BCUT2D eigenvalue weighted by Crippen LogP contribution is -2.23. The summed E-state index contributed by atoms with van der Waals surface area (Å²) in [6.45, 7) is 0.597. The van der Waals surface area contributed by atoms with Crippen molar-refractivity contribution in [1.82, 2.24) is 5.32 Å². The van der Waals surface area contributed by atoms with Gasteiger partial charge in [-0.25, -0.2) is 0 Å². The van der Waals surface area contributed by atoms with Crippen molar-refractivity contribution < 1.29 is 4.79 Å². The average Bonchev–Trinajstić information content (AvgIpc) is 2.72. The van der Waals surface area contributed by atoms with Crippen LogP contribution in [0.25, 0.3) is 6.08 Å². The summed E-state index contributed by atoms with van der Waals surface area (Å²) in [5.74, 6) is 0.134. The SMILES string of the molecule is O=C(C=Cc1ccccc1Cl)NCCC(c1ccccc1)c1ccccc1. The van der Waals surface area contributed by atoms with Crippen LogP contribution in [0.15, 0.2) is 91.0 Å². The van der Waals surface area contributed by atoms with Crippen LogP contribution < -0.4 is 5.32 Å². The summed E-state index contributed by atoms with van der Waals surface area (Å²) in [5.41, 5.74) is 3.34. The molecule has 0 aliphatic rings. The molecule has 0 fully saturated rings. The molecule has 27 heavy (non-hydrogen) atoms. The van der Waals surface area contributed by atoms with Gasteiger partial charge in [-0.05, 0) is 35.3 Å². The van der Waals surface area contributed by atoms with E-state index in [0.29, 0.717) is 11.6 Å². The summed E-state index contributed by atoms with van der Waals surface area (Å²) in [4.78, 5) is 12.1. The number of hydrogen-bond donors (Lipinski definition) is 1. The van der Waals surface area contributed by atoms with E-state index in [9.17, 15) is 4.79 Å². The Morgan fingerprint density at radius 2 is 1.41 bits per heavy atom. The highest BCUT2D eigenvalue weighted by Crippen LogP contribution is 2.27. The Morgan fingerprint density at radius 3 is 2.00 bits per heavy atom. The second-order valence-corrected chi connectivity index (χ2v) is 6.72. The Hall–Kier alpha value is -2.84. The van der Waals surface area contributed by atoms with Crippen LogP contribution in [0.3, 0.4) is 0 Å². The number of benzene rings is 3. The molecule has 0 aliphatic heterocycles. The first kappa shape index (κ1) is 18.9. The van der Waals surface area contributed by atoms with Crippen LogP contribution in [0.5, 0.6) is 0 Å². The third-order valence-corrected chi connectivity index (χ3v) is 4.80. The second-order valence-electron chi connectivity index (χ2n) is 6.31. The van der Waals surface area contributed by atoms with E-state index in [4.69, 9.17) is 11.6 Å². The van der Waals surface area contributed by atoms with E-state index in [0.717, 1.165) is 12.0 Å². The minimum Gasteiger partial charge on any atom is -0.353 e. The van der Waals surface area contributed by atoms with Crippen molar-refractivity contribution in [2.75, 3.05) is 6.54 Å². The minimum absolute atomic E-state index is 0.116. The van der Waals surface area contributed by atoms with Crippen molar-refractivity contribution >= 4 is 23.6 Å². The lowest BCUT2D eigenvalue weighted by Gasteiger charge is -2.18. The Morgan fingerprint density at radius 1 is 0.852 bits per heavy atom. The Kier molecular flexibility index (Phi) is 6.84. The number of hydrogen-bond acceptors (Lipinski definition) is 1. The lowest BCUT2D eigenvalue weighted by atomic mass is 9.88. The molecule has 3 aromatic rings. The zero-order valence-electron chi connectivity index (χ0n) is 15.0. The van der Waals surface area contributed by atoms with Crippen LogP contribution >= 0.6 is 11.6 Å². The topological polar surface area (TPSA) is 29.1 Å². The van der Waals surface area contributed by atoms with Crippen LogP contribution in [-0.4, -0.2) is 12.5 Å². The van der Waals surface area contributed by atoms with Crippen molar-refractivity contribution in [1.29, 1.82) is 0 Å². The van der Waals surface area contributed by atoms with E-state index in [1.165, 1.54) is 17.2 Å². The van der Waals surface area contributed by atoms with Gasteiger partial charge in [0.1, 0.15) is 0 Å². The van der Waals surface area contributed by atoms with Gasteiger partial charge in [-0.3, -0.25) is 4.79 Å². The fourth-order valence-electron chi connectivity index (χ4n) is 3.07. The Bertz CT molecular complexity index is 851. The van der Waals surface area contributed by atoms with Crippen molar-refractivity contribution in [3.8, 4) is 0 Å². The van der Waals surface area contributed by atoms with E-state index >= 15 is 0 Å². The predicted molar refractivity (Wildman–Crippen MR) is 113 cm³/mol. The van der Waals surface area contributed by atoms with Gasteiger partial charge in [-0.15, -0.1) is 0 Å². The molecule has 3 rings (SSSR count). The predicted octanol–water partition coefficient (Wildman–Crippen LogP) is 5.69. The molecule has 0 saturated carbocycles. The smallest absolute Gasteiger partial charge is 0.244 e. The van der Waals surface area contributed by atoms with E-state index in [2.05, 4.69) is 53.8 Å². The summed E-state index contributed by atoms with van der Waals surface area (Å²) in [5, 5.41) is 3.61. The summed E-state index contributed by atoms with van der Waals surface area (Å²) < 4.78 is 0. The van der Waals surface area contributed by atoms with Crippen LogP contribution in [0, 0.1) is 0 Å². The van der Waals surface area contributed by atoms with Crippen molar-refractivity contribution in [3.05, 3.63) is 113 Å². The number of halogens is 1. The quantitative estimate of drug-likeness (QED) is 0.528. The van der Waals surface area contributed by atoms with Gasteiger partial charge < -0.3 is 5.32 Å². The molecule has 3 aromatic carbocycles. The maximum Gasteiger partial charge on any atom is 0.244 e. The molecular weight excluding hydrogens is 354 g/mol. The van der Waals surface area contributed by atoms with Gasteiger partial charge in [0.15, 0.2) is 0 Å². The number of carbonyl (C=O) groups is 1. The first-order chi connectivity index (χ1) is 13.2. The molecule has 0 aliphatic carbocycles. The number of rotatable bonds is 7. The Labute approximate surface area is 165 Å². The van der Waals surface area contributed by atoms with Gasteiger partial charge in [0.05, 0.1) is 0 Å². The highest BCUT2D eigenvalue weighted by atomic mass is 35.5. The molecule has 1 N–H and O–H groups in total. The average molecular weight is 376 g/mol. The molecule has 0 radical (unpaired) electrons. The first-order valence-electron chi connectivity index (χ1n) is 9.04. The number of nitrogens with one attached hydrogen (secondary N) is 1. The largest absolute Gasteiger partial charge is 0.353 e.